The predicted molar refractivity (Wildman–Crippen MR) is 88.4 cm³/mol. The SMILES string of the molecule is CS(=O)(=O)c1cccc(-c2cc3c(ncc4cnc(C(F)(F)F)n43)[nH]2)c1. The number of aromatic nitrogens is 4. The van der Waals surface area contributed by atoms with Crippen molar-refractivity contribution in [1.29, 1.82) is 0 Å². The summed E-state index contributed by atoms with van der Waals surface area (Å²) in [6, 6.07) is 7.63. The monoisotopic (exact) mass is 380 g/mol. The molecule has 0 bridgehead atoms. The summed E-state index contributed by atoms with van der Waals surface area (Å²) in [5.74, 6) is -1.05. The first kappa shape index (κ1) is 16.6. The molecule has 4 aromatic rings. The standard InChI is InChI=1S/C16H11F3N4O2S/c1-26(24,25)11-4-2-3-9(5-11)12-6-13-14(22-12)20-7-10-8-21-15(23(10)13)16(17,18)19/h2-8,22H,1H3. The number of nitrogens with zero attached hydrogens (tertiary/aromatic N) is 3. The quantitative estimate of drug-likeness (QED) is 0.579. The average Bonchev–Trinajstić information content (AvgIpc) is 3.17. The predicted octanol–water partition coefficient (Wildman–Crippen LogP) is 3.30. The Morgan fingerprint density at radius 2 is 1.85 bits per heavy atom. The van der Waals surface area contributed by atoms with Crippen LogP contribution in [0.2, 0.25) is 0 Å². The second-order valence-electron chi connectivity index (χ2n) is 5.81. The van der Waals surface area contributed by atoms with Crippen molar-refractivity contribution in [2.24, 2.45) is 0 Å². The van der Waals surface area contributed by atoms with Gasteiger partial charge >= 0.3 is 6.18 Å². The fraction of sp³-hybridized carbons (Fsp3) is 0.125. The number of hydrogen-bond acceptors (Lipinski definition) is 4. The van der Waals surface area contributed by atoms with E-state index in [4.69, 9.17) is 0 Å². The van der Waals surface area contributed by atoms with Crippen LogP contribution in [0.1, 0.15) is 5.82 Å². The summed E-state index contributed by atoms with van der Waals surface area (Å²) < 4.78 is 64.1. The van der Waals surface area contributed by atoms with Gasteiger partial charge in [-0.25, -0.2) is 18.4 Å². The Balaban J connectivity index is 1.97. The van der Waals surface area contributed by atoms with E-state index in [1.165, 1.54) is 24.4 Å². The molecule has 26 heavy (non-hydrogen) atoms. The van der Waals surface area contributed by atoms with Gasteiger partial charge in [0.1, 0.15) is 0 Å². The molecular weight excluding hydrogens is 369 g/mol. The maximum absolute atomic E-state index is 13.2. The van der Waals surface area contributed by atoms with Crippen molar-refractivity contribution in [2.75, 3.05) is 6.26 Å². The molecule has 3 heterocycles. The highest BCUT2D eigenvalue weighted by Gasteiger charge is 2.36. The summed E-state index contributed by atoms with van der Waals surface area (Å²) in [4.78, 5) is 10.6. The van der Waals surface area contributed by atoms with Crippen molar-refractivity contribution in [3.63, 3.8) is 0 Å². The molecule has 1 N–H and O–H groups in total. The summed E-state index contributed by atoms with van der Waals surface area (Å²) in [5.41, 5.74) is 1.62. The molecule has 0 amide bonds. The molecular formula is C16H11F3N4O2S. The van der Waals surface area contributed by atoms with Crippen molar-refractivity contribution in [1.82, 2.24) is 19.4 Å². The van der Waals surface area contributed by atoms with Gasteiger partial charge in [-0.3, -0.25) is 4.40 Å². The number of hydrogen-bond donors (Lipinski definition) is 1. The van der Waals surface area contributed by atoms with Gasteiger partial charge in [-0.2, -0.15) is 13.2 Å². The van der Waals surface area contributed by atoms with Crippen molar-refractivity contribution < 1.29 is 21.6 Å². The van der Waals surface area contributed by atoms with E-state index in [-0.39, 0.29) is 21.6 Å². The molecule has 0 aliphatic rings. The average molecular weight is 380 g/mol. The van der Waals surface area contributed by atoms with E-state index < -0.39 is 21.8 Å². The van der Waals surface area contributed by atoms with E-state index in [1.807, 2.05) is 0 Å². The van der Waals surface area contributed by atoms with Gasteiger partial charge in [0.05, 0.1) is 28.3 Å². The largest absolute Gasteiger partial charge is 0.450 e. The molecule has 3 aromatic heterocycles. The lowest BCUT2D eigenvalue weighted by Crippen LogP contribution is -2.11. The Morgan fingerprint density at radius 3 is 2.54 bits per heavy atom. The Bertz CT molecular complexity index is 1260. The van der Waals surface area contributed by atoms with Gasteiger partial charge in [-0.1, -0.05) is 12.1 Å². The van der Waals surface area contributed by atoms with Crippen LogP contribution >= 0.6 is 0 Å². The van der Waals surface area contributed by atoms with Crippen LogP contribution in [-0.4, -0.2) is 34.0 Å². The number of imidazole rings is 1. The van der Waals surface area contributed by atoms with Crippen LogP contribution in [0, 0.1) is 0 Å². The number of nitrogens with one attached hydrogen (secondary N) is 1. The van der Waals surface area contributed by atoms with Crippen molar-refractivity contribution >= 4 is 26.5 Å². The Labute approximate surface area is 145 Å². The zero-order valence-electron chi connectivity index (χ0n) is 13.2. The van der Waals surface area contributed by atoms with Crippen molar-refractivity contribution in [2.45, 2.75) is 11.1 Å². The molecule has 4 rings (SSSR count). The van der Waals surface area contributed by atoms with Crippen molar-refractivity contribution in [3.05, 3.63) is 48.5 Å². The minimum absolute atomic E-state index is 0.116. The van der Waals surface area contributed by atoms with Crippen LogP contribution in [0.25, 0.3) is 27.9 Å². The third kappa shape index (κ3) is 2.62. The Kier molecular flexibility index (Phi) is 3.38. The number of H-pyrrole nitrogens is 1. The van der Waals surface area contributed by atoms with Gasteiger partial charge in [0.25, 0.3) is 0 Å². The topological polar surface area (TPSA) is 80.1 Å². The number of benzene rings is 1. The van der Waals surface area contributed by atoms with Gasteiger partial charge in [0.15, 0.2) is 15.5 Å². The van der Waals surface area contributed by atoms with E-state index in [0.29, 0.717) is 11.3 Å². The molecule has 0 spiro atoms. The van der Waals surface area contributed by atoms with E-state index in [1.54, 1.807) is 12.1 Å². The Morgan fingerprint density at radius 1 is 1.12 bits per heavy atom. The smallest absolute Gasteiger partial charge is 0.338 e. The van der Waals surface area contributed by atoms with Crippen LogP contribution in [-0.2, 0) is 16.0 Å². The number of sulfone groups is 1. The molecule has 0 atom stereocenters. The van der Waals surface area contributed by atoms with Gasteiger partial charge < -0.3 is 4.98 Å². The highest BCUT2D eigenvalue weighted by molar-refractivity contribution is 7.90. The summed E-state index contributed by atoms with van der Waals surface area (Å²) in [5, 5.41) is 0. The van der Waals surface area contributed by atoms with E-state index in [9.17, 15) is 21.6 Å². The normalized spacial score (nSPS) is 12.9. The maximum Gasteiger partial charge on any atom is 0.450 e. The third-order valence-corrected chi connectivity index (χ3v) is 5.07. The van der Waals surface area contributed by atoms with Gasteiger partial charge in [0.2, 0.25) is 5.82 Å². The summed E-state index contributed by atoms with van der Waals surface area (Å²) in [6.07, 6.45) is -1.14. The third-order valence-electron chi connectivity index (χ3n) is 3.96. The van der Waals surface area contributed by atoms with Crippen LogP contribution in [0.4, 0.5) is 13.2 Å². The maximum atomic E-state index is 13.2. The molecule has 0 fully saturated rings. The lowest BCUT2D eigenvalue weighted by Gasteiger charge is -2.05. The summed E-state index contributed by atoms with van der Waals surface area (Å²) in [6.45, 7) is 0. The van der Waals surface area contributed by atoms with Crippen LogP contribution < -0.4 is 0 Å². The number of alkyl halides is 3. The minimum atomic E-state index is -4.62. The summed E-state index contributed by atoms with van der Waals surface area (Å²) in [7, 11) is -3.41. The number of fused-ring (bicyclic) bond motifs is 3. The molecule has 0 unspecified atom stereocenters. The number of aromatic amines is 1. The fourth-order valence-electron chi connectivity index (χ4n) is 2.79. The van der Waals surface area contributed by atoms with Crippen LogP contribution in [0.15, 0.2) is 47.6 Å². The second-order valence-corrected chi connectivity index (χ2v) is 7.83. The van der Waals surface area contributed by atoms with Gasteiger partial charge in [-0.05, 0) is 23.8 Å². The van der Waals surface area contributed by atoms with E-state index >= 15 is 0 Å². The van der Waals surface area contributed by atoms with Gasteiger partial charge in [-0.15, -0.1) is 0 Å². The van der Waals surface area contributed by atoms with Gasteiger partial charge in [0, 0.05) is 11.9 Å². The molecule has 0 radical (unpaired) electrons. The highest BCUT2D eigenvalue weighted by atomic mass is 32.2. The van der Waals surface area contributed by atoms with E-state index in [0.717, 1.165) is 16.9 Å². The Hall–Kier alpha value is -2.88. The van der Waals surface area contributed by atoms with Crippen LogP contribution in [0.5, 0.6) is 0 Å². The summed E-state index contributed by atoms with van der Waals surface area (Å²) >= 11 is 0. The molecule has 1 aromatic carbocycles. The molecule has 10 heteroatoms. The highest BCUT2D eigenvalue weighted by Crippen LogP contribution is 2.32. The number of rotatable bonds is 2. The second kappa shape index (κ2) is 5.31. The molecule has 0 aliphatic carbocycles. The first-order valence-corrected chi connectivity index (χ1v) is 9.26. The molecule has 134 valence electrons. The molecule has 0 aliphatic heterocycles. The molecule has 0 saturated heterocycles. The van der Waals surface area contributed by atoms with E-state index in [2.05, 4.69) is 15.0 Å². The lowest BCUT2D eigenvalue weighted by atomic mass is 10.1. The molecule has 6 nitrogen and oxygen atoms in total. The first-order chi connectivity index (χ1) is 12.1. The van der Waals surface area contributed by atoms with Crippen LogP contribution in [0.3, 0.4) is 0 Å². The molecule has 0 saturated carbocycles. The van der Waals surface area contributed by atoms with Crippen molar-refractivity contribution in [3.8, 4) is 11.3 Å². The fourth-order valence-corrected chi connectivity index (χ4v) is 3.46. The zero-order valence-corrected chi connectivity index (χ0v) is 14.1. The first-order valence-electron chi connectivity index (χ1n) is 7.37. The zero-order chi connectivity index (χ0) is 18.7. The minimum Gasteiger partial charge on any atom is -0.338 e. The number of halogens is 3. The lowest BCUT2D eigenvalue weighted by molar-refractivity contribution is -0.145.